The molecule has 2 N–H and O–H groups in total. The van der Waals surface area contributed by atoms with Crippen molar-refractivity contribution in [3.05, 3.63) is 35.7 Å². The molecule has 5 nitrogen and oxygen atoms in total. The third-order valence-corrected chi connectivity index (χ3v) is 1.83. The van der Waals surface area contributed by atoms with Gasteiger partial charge >= 0.3 is 6.01 Å². The van der Waals surface area contributed by atoms with Crippen LogP contribution in [0.25, 0.3) is 0 Å². The van der Waals surface area contributed by atoms with Gasteiger partial charge in [0.25, 0.3) is 5.89 Å². The average Bonchev–Trinajstić information content (AvgIpc) is 2.62. The molecule has 0 unspecified atom stereocenters. The van der Waals surface area contributed by atoms with Gasteiger partial charge in [0.15, 0.2) is 6.61 Å². The van der Waals surface area contributed by atoms with Gasteiger partial charge in [0.05, 0.1) is 0 Å². The highest BCUT2D eigenvalue weighted by molar-refractivity contribution is 5.27. The lowest BCUT2D eigenvalue weighted by atomic mass is 10.2. The van der Waals surface area contributed by atoms with E-state index < -0.39 is 0 Å². The molecule has 2 aromatic rings. The quantitative estimate of drug-likeness (QED) is 0.822. The zero-order valence-electron chi connectivity index (χ0n) is 8.30. The number of aromatic nitrogens is 2. The second kappa shape index (κ2) is 4.00. The van der Waals surface area contributed by atoms with Crippen LogP contribution in [0.15, 0.2) is 28.7 Å². The van der Waals surface area contributed by atoms with Crippen molar-refractivity contribution in [1.29, 1.82) is 0 Å². The number of ether oxygens (including phenoxy) is 1. The summed E-state index contributed by atoms with van der Waals surface area (Å²) < 4.78 is 10.4. The number of aryl methyl sites for hydroxylation is 1. The van der Waals surface area contributed by atoms with Crippen LogP contribution in [0.4, 0.5) is 6.01 Å². The second-order valence-electron chi connectivity index (χ2n) is 3.14. The molecule has 1 heterocycles. The van der Waals surface area contributed by atoms with Crippen LogP contribution in [0.5, 0.6) is 5.75 Å². The molecule has 0 bridgehead atoms. The summed E-state index contributed by atoms with van der Waals surface area (Å²) in [4.78, 5) is 0. The van der Waals surface area contributed by atoms with Crippen molar-refractivity contribution in [2.45, 2.75) is 13.5 Å². The molecule has 2 rings (SSSR count). The zero-order chi connectivity index (χ0) is 10.7. The monoisotopic (exact) mass is 205 g/mol. The highest BCUT2D eigenvalue weighted by Crippen LogP contribution is 2.14. The molecule has 0 atom stereocenters. The van der Waals surface area contributed by atoms with Crippen molar-refractivity contribution < 1.29 is 9.15 Å². The molecule has 0 aliphatic heterocycles. The largest absolute Gasteiger partial charge is 0.484 e. The third-order valence-electron chi connectivity index (χ3n) is 1.83. The minimum absolute atomic E-state index is 0.0536. The van der Waals surface area contributed by atoms with E-state index in [0.29, 0.717) is 5.89 Å². The number of nitrogens with two attached hydrogens (primary N) is 1. The Balaban J connectivity index is 1.99. The molecule has 0 fully saturated rings. The number of benzene rings is 1. The summed E-state index contributed by atoms with van der Waals surface area (Å²) in [6.07, 6.45) is 0. The number of hydrogen-bond acceptors (Lipinski definition) is 5. The first kappa shape index (κ1) is 9.51. The van der Waals surface area contributed by atoms with Crippen molar-refractivity contribution in [3.8, 4) is 5.75 Å². The molecule has 15 heavy (non-hydrogen) atoms. The number of nitrogens with zero attached hydrogens (tertiary/aromatic N) is 2. The van der Waals surface area contributed by atoms with E-state index in [2.05, 4.69) is 10.2 Å². The van der Waals surface area contributed by atoms with E-state index in [9.17, 15) is 0 Å². The molecule has 0 radical (unpaired) electrons. The lowest BCUT2D eigenvalue weighted by molar-refractivity contribution is 0.265. The maximum Gasteiger partial charge on any atom is 0.312 e. The Labute approximate surface area is 86.9 Å². The minimum Gasteiger partial charge on any atom is -0.484 e. The van der Waals surface area contributed by atoms with Gasteiger partial charge in [-0.1, -0.05) is 17.2 Å². The maximum atomic E-state index is 5.43. The number of rotatable bonds is 3. The van der Waals surface area contributed by atoms with Crippen molar-refractivity contribution in [2.24, 2.45) is 0 Å². The van der Waals surface area contributed by atoms with Gasteiger partial charge < -0.3 is 14.9 Å². The highest BCUT2D eigenvalue weighted by Gasteiger charge is 2.03. The van der Waals surface area contributed by atoms with Gasteiger partial charge in [-0.05, 0) is 24.6 Å². The Bertz CT molecular complexity index is 453. The topological polar surface area (TPSA) is 74.2 Å². The maximum absolute atomic E-state index is 5.43. The first-order valence-electron chi connectivity index (χ1n) is 4.51. The normalized spacial score (nSPS) is 10.2. The fourth-order valence-electron chi connectivity index (χ4n) is 1.18. The lowest BCUT2D eigenvalue weighted by Gasteiger charge is -2.03. The van der Waals surface area contributed by atoms with Crippen LogP contribution in [0, 0.1) is 6.92 Å². The Morgan fingerprint density at radius 1 is 1.40 bits per heavy atom. The van der Waals surface area contributed by atoms with Crippen LogP contribution < -0.4 is 10.5 Å². The molecule has 78 valence electrons. The Kier molecular flexibility index (Phi) is 2.53. The van der Waals surface area contributed by atoms with Crippen LogP contribution >= 0.6 is 0 Å². The summed E-state index contributed by atoms with van der Waals surface area (Å²) in [5, 5.41) is 7.21. The van der Waals surface area contributed by atoms with E-state index in [1.807, 2.05) is 31.2 Å². The summed E-state index contributed by atoms with van der Waals surface area (Å²) in [7, 11) is 0. The van der Waals surface area contributed by atoms with Crippen LogP contribution in [0.2, 0.25) is 0 Å². The van der Waals surface area contributed by atoms with Crippen LogP contribution in [-0.4, -0.2) is 10.2 Å². The van der Waals surface area contributed by atoms with Crippen molar-refractivity contribution >= 4 is 6.01 Å². The molecule has 0 saturated carbocycles. The molecule has 0 aliphatic rings. The second-order valence-corrected chi connectivity index (χ2v) is 3.14. The van der Waals surface area contributed by atoms with Crippen LogP contribution in [0.3, 0.4) is 0 Å². The summed E-state index contributed by atoms with van der Waals surface area (Å²) in [5.74, 6) is 1.14. The number of hydrogen-bond donors (Lipinski definition) is 1. The first-order valence-corrected chi connectivity index (χ1v) is 4.51. The number of anilines is 1. The van der Waals surface area contributed by atoms with E-state index in [0.717, 1.165) is 11.3 Å². The van der Waals surface area contributed by atoms with E-state index in [4.69, 9.17) is 14.9 Å². The molecule has 0 spiro atoms. The Morgan fingerprint density at radius 2 is 2.27 bits per heavy atom. The standard InChI is InChI=1S/C10H11N3O2/c1-7-3-2-4-8(5-7)14-6-9-12-13-10(11)15-9/h2-5H,6H2,1H3,(H2,11,13). The van der Waals surface area contributed by atoms with Gasteiger partial charge in [-0.2, -0.15) is 0 Å². The van der Waals surface area contributed by atoms with E-state index in [1.54, 1.807) is 0 Å². The fraction of sp³-hybridized carbons (Fsp3) is 0.200. The highest BCUT2D eigenvalue weighted by atomic mass is 16.5. The SMILES string of the molecule is Cc1cccc(OCc2nnc(N)o2)c1. The van der Waals surface area contributed by atoms with Crippen molar-refractivity contribution in [2.75, 3.05) is 5.73 Å². The molecule has 1 aromatic carbocycles. The first-order chi connectivity index (χ1) is 7.24. The van der Waals surface area contributed by atoms with E-state index in [1.165, 1.54) is 0 Å². The van der Waals surface area contributed by atoms with E-state index in [-0.39, 0.29) is 12.6 Å². The van der Waals surface area contributed by atoms with Crippen LogP contribution in [0.1, 0.15) is 11.5 Å². The van der Waals surface area contributed by atoms with Gasteiger partial charge in [0, 0.05) is 0 Å². The Hall–Kier alpha value is -2.04. The predicted molar refractivity (Wildman–Crippen MR) is 54.2 cm³/mol. The van der Waals surface area contributed by atoms with E-state index >= 15 is 0 Å². The van der Waals surface area contributed by atoms with Crippen molar-refractivity contribution in [3.63, 3.8) is 0 Å². The average molecular weight is 205 g/mol. The smallest absolute Gasteiger partial charge is 0.312 e. The molecule has 5 heteroatoms. The summed E-state index contributed by atoms with van der Waals surface area (Å²) in [6, 6.07) is 7.77. The van der Waals surface area contributed by atoms with Gasteiger partial charge in [-0.15, -0.1) is 5.10 Å². The predicted octanol–water partition coefficient (Wildman–Crippen LogP) is 1.54. The lowest BCUT2D eigenvalue weighted by Crippen LogP contribution is -1.95. The minimum atomic E-state index is 0.0536. The van der Waals surface area contributed by atoms with Gasteiger partial charge in [-0.3, -0.25) is 0 Å². The summed E-state index contributed by atoms with van der Waals surface area (Å²) >= 11 is 0. The molecule has 0 amide bonds. The van der Waals surface area contributed by atoms with Gasteiger partial charge in [-0.25, -0.2) is 0 Å². The number of nitrogen functional groups attached to an aromatic ring is 1. The van der Waals surface area contributed by atoms with Gasteiger partial charge in [0.1, 0.15) is 5.75 Å². The molecule has 0 saturated heterocycles. The molecular formula is C10H11N3O2. The summed E-state index contributed by atoms with van der Waals surface area (Å²) in [5.41, 5.74) is 6.41. The summed E-state index contributed by atoms with van der Waals surface area (Å²) in [6.45, 7) is 2.23. The molecule has 1 aromatic heterocycles. The third kappa shape index (κ3) is 2.46. The van der Waals surface area contributed by atoms with Crippen LogP contribution in [-0.2, 0) is 6.61 Å². The van der Waals surface area contributed by atoms with Gasteiger partial charge in [0.2, 0.25) is 0 Å². The fourth-order valence-corrected chi connectivity index (χ4v) is 1.18. The molecule has 0 aliphatic carbocycles. The zero-order valence-corrected chi connectivity index (χ0v) is 8.30. The Morgan fingerprint density at radius 3 is 2.93 bits per heavy atom. The molecular weight excluding hydrogens is 194 g/mol. The van der Waals surface area contributed by atoms with Crippen molar-refractivity contribution in [1.82, 2.24) is 10.2 Å².